The summed E-state index contributed by atoms with van der Waals surface area (Å²) in [5.41, 5.74) is 0.843. The summed E-state index contributed by atoms with van der Waals surface area (Å²) in [6.45, 7) is -0.122. The van der Waals surface area contributed by atoms with Crippen LogP contribution in [0.25, 0.3) is 21.3 Å². The van der Waals surface area contributed by atoms with Gasteiger partial charge in [-0.15, -0.1) is 11.3 Å². The molecule has 5 nitrogen and oxygen atoms in total. The summed E-state index contributed by atoms with van der Waals surface area (Å²) < 4.78 is 27.8. The summed E-state index contributed by atoms with van der Waals surface area (Å²) in [6, 6.07) is 8.67. The Morgan fingerprint density at radius 2 is 1.84 bits per heavy atom. The number of halogens is 3. The number of carbonyl (C=O) groups is 2. The van der Waals surface area contributed by atoms with Crippen LogP contribution in [0.3, 0.4) is 0 Å². The monoisotopic (exact) mass is 459 g/mol. The first-order chi connectivity index (χ1) is 14.8. The molecule has 1 aromatic heterocycles. The number of Topliss-reactive ketones (excluding diaryl/α,β-unsaturated/α-hetero) is 1. The lowest BCUT2D eigenvalue weighted by atomic mass is 10.0. The van der Waals surface area contributed by atoms with E-state index in [0.29, 0.717) is 31.4 Å². The molecule has 0 saturated heterocycles. The van der Waals surface area contributed by atoms with E-state index in [1.54, 1.807) is 12.1 Å². The SMILES string of the molecule is N#CC1(CC(=O)CNC(=O)Cc2nc3c(Cl)cc(-c4cc(F)cc(F)c4)cc3s2)CC1. The van der Waals surface area contributed by atoms with Gasteiger partial charge in [-0.25, -0.2) is 13.8 Å². The smallest absolute Gasteiger partial charge is 0.227 e. The van der Waals surface area contributed by atoms with Crippen LogP contribution in [0.5, 0.6) is 0 Å². The molecule has 0 atom stereocenters. The molecule has 1 aliphatic rings. The highest BCUT2D eigenvalue weighted by atomic mass is 35.5. The van der Waals surface area contributed by atoms with Gasteiger partial charge in [-0.3, -0.25) is 9.59 Å². The molecular formula is C22H16ClF2N3O2S. The van der Waals surface area contributed by atoms with Crippen LogP contribution in [0.15, 0.2) is 30.3 Å². The maximum absolute atomic E-state index is 13.6. The lowest BCUT2D eigenvalue weighted by Gasteiger charge is -2.06. The molecule has 3 aromatic rings. The third kappa shape index (κ3) is 4.89. The van der Waals surface area contributed by atoms with Crippen LogP contribution in [0.1, 0.15) is 24.3 Å². The highest BCUT2D eigenvalue weighted by Gasteiger charge is 2.44. The number of aromatic nitrogens is 1. The van der Waals surface area contributed by atoms with E-state index in [1.165, 1.54) is 23.5 Å². The number of thiazole rings is 1. The minimum Gasteiger partial charge on any atom is -0.349 e. The second-order valence-corrected chi connectivity index (χ2v) is 9.15. The predicted octanol–water partition coefficient (Wildman–Crippen LogP) is 4.82. The number of nitriles is 1. The molecule has 0 bridgehead atoms. The van der Waals surface area contributed by atoms with Crippen LogP contribution in [0.2, 0.25) is 5.02 Å². The molecule has 1 heterocycles. The molecule has 0 radical (unpaired) electrons. The number of benzene rings is 2. The molecule has 158 valence electrons. The van der Waals surface area contributed by atoms with Crippen molar-refractivity contribution in [2.45, 2.75) is 25.7 Å². The Bertz CT molecular complexity index is 1230. The Morgan fingerprint density at radius 1 is 1.16 bits per heavy atom. The number of amides is 1. The largest absolute Gasteiger partial charge is 0.349 e. The van der Waals surface area contributed by atoms with Gasteiger partial charge in [0.25, 0.3) is 0 Å². The van der Waals surface area contributed by atoms with Crippen molar-refractivity contribution >= 4 is 44.8 Å². The third-order valence-electron chi connectivity index (χ3n) is 5.11. The van der Waals surface area contributed by atoms with Gasteiger partial charge in [-0.2, -0.15) is 5.26 Å². The molecule has 1 fully saturated rings. The number of hydrogen-bond acceptors (Lipinski definition) is 5. The van der Waals surface area contributed by atoms with Gasteiger partial charge in [0.2, 0.25) is 5.91 Å². The standard InChI is InChI=1S/C22H16ClF2N3O2S/c23-17-5-13(12-3-14(24)7-15(25)4-12)6-18-21(17)28-20(31-18)8-19(30)27-10-16(29)9-22(11-26)1-2-22/h3-7H,1-2,8-10H2,(H,27,30). The summed E-state index contributed by atoms with van der Waals surface area (Å²) in [7, 11) is 0. The van der Waals surface area contributed by atoms with Crippen LogP contribution in [0.4, 0.5) is 8.78 Å². The second-order valence-electron chi connectivity index (χ2n) is 7.63. The van der Waals surface area contributed by atoms with Crippen LogP contribution in [0, 0.1) is 28.4 Å². The average molecular weight is 460 g/mol. The van der Waals surface area contributed by atoms with Gasteiger partial charge in [0.05, 0.1) is 34.2 Å². The van der Waals surface area contributed by atoms with E-state index >= 15 is 0 Å². The Morgan fingerprint density at radius 3 is 2.48 bits per heavy atom. The lowest BCUT2D eigenvalue weighted by molar-refractivity contribution is -0.125. The molecular weight excluding hydrogens is 444 g/mol. The summed E-state index contributed by atoms with van der Waals surface area (Å²) in [6.07, 6.45) is 1.57. The summed E-state index contributed by atoms with van der Waals surface area (Å²) in [4.78, 5) is 28.6. The first kappa shape index (κ1) is 21.3. The molecule has 0 unspecified atom stereocenters. The zero-order chi connectivity index (χ0) is 22.2. The van der Waals surface area contributed by atoms with E-state index in [4.69, 9.17) is 16.9 Å². The van der Waals surface area contributed by atoms with E-state index in [9.17, 15) is 18.4 Å². The topological polar surface area (TPSA) is 82.9 Å². The fourth-order valence-electron chi connectivity index (χ4n) is 3.31. The average Bonchev–Trinajstić information content (AvgIpc) is 3.35. The summed E-state index contributed by atoms with van der Waals surface area (Å²) in [5, 5.41) is 12.4. The highest BCUT2D eigenvalue weighted by molar-refractivity contribution is 7.18. The van der Waals surface area contributed by atoms with Gasteiger partial charge in [-0.05, 0) is 48.2 Å². The van der Waals surface area contributed by atoms with Crippen molar-refractivity contribution in [1.82, 2.24) is 10.3 Å². The van der Waals surface area contributed by atoms with E-state index in [2.05, 4.69) is 16.4 Å². The zero-order valence-electron chi connectivity index (χ0n) is 16.2. The normalized spacial score (nSPS) is 14.3. The zero-order valence-corrected chi connectivity index (χ0v) is 17.7. The lowest BCUT2D eigenvalue weighted by Crippen LogP contribution is -2.31. The molecule has 4 rings (SSSR count). The van der Waals surface area contributed by atoms with Gasteiger partial charge in [-0.1, -0.05) is 11.6 Å². The molecule has 1 aliphatic carbocycles. The number of carbonyl (C=O) groups excluding carboxylic acids is 2. The van der Waals surface area contributed by atoms with Crippen molar-refractivity contribution in [3.8, 4) is 17.2 Å². The Hall–Kier alpha value is -2.89. The highest BCUT2D eigenvalue weighted by Crippen LogP contribution is 2.48. The second kappa shape index (κ2) is 8.33. The van der Waals surface area contributed by atoms with Crippen LogP contribution in [-0.4, -0.2) is 23.2 Å². The van der Waals surface area contributed by atoms with Gasteiger partial charge in [0.15, 0.2) is 5.78 Å². The van der Waals surface area contributed by atoms with Crippen molar-refractivity contribution < 1.29 is 18.4 Å². The van der Waals surface area contributed by atoms with Gasteiger partial charge >= 0.3 is 0 Å². The summed E-state index contributed by atoms with van der Waals surface area (Å²) >= 11 is 7.55. The number of nitrogens with zero attached hydrogens (tertiary/aromatic N) is 2. The molecule has 1 saturated carbocycles. The first-order valence-electron chi connectivity index (χ1n) is 9.52. The number of nitrogens with one attached hydrogen (secondary N) is 1. The van der Waals surface area contributed by atoms with E-state index < -0.39 is 17.0 Å². The minimum atomic E-state index is -0.690. The number of hydrogen-bond donors (Lipinski definition) is 1. The number of ketones is 1. The van der Waals surface area contributed by atoms with Gasteiger partial charge in [0.1, 0.15) is 22.2 Å². The molecule has 1 N–H and O–H groups in total. The van der Waals surface area contributed by atoms with E-state index in [1.807, 2.05) is 0 Å². The van der Waals surface area contributed by atoms with E-state index in [0.717, 1.165) is 18.9 Å². The molecule has 0 spiro atoms. The fraction of sp³-hybridized carbons (Fsp3) is 0.273. The first-order valence-corrected chi connectivity index (χ1v) is 10.7. The minimum absolute atomic E-state index is 0.0315. The predicted molar refractivity (Wildman–Crippen MR) is 114 cm³/mol. The number of rotatable bonds is 7. The van der Waals surface area contributed by atoms with Crippen molar-refractivity contribution in [3.63, 3.8) is 0 Å². The Balaban J connectivity index is 1.45. The molecule has 2 aromatic carbocycles. The molecule has 31 heavy (non-hydrogen) atoms. The third-order valence-corrected chi connectivity index (χ3v) is 6.40. The maximum atomic E-state index is 13.6. The van der Waals surface area contributed by atoms with Crippen LogP contribution >= 0.6 is 22.9 Å². The molecule has 9 heteroatoms. The van der Waals surface area contributed by atoms with Crippen LogP contribution < -0.4 is 5.32 Å². The fourth-order valence-corrected chi connectivity index (χ4v) is 4.66. The number of fused-ring (bicyclic) bond motifs is 1. The summed E-state index contributed by atoms with van der Waals surface area (Å²) in [5.74, 6) is -1.92. The molecule has 1 amide bonds. The van der Waals surface area contributed by atoms with Gasteiger partial charge in [0, 0.05) is 12.5 Å². The quantitative estimate of drug-likeness (QED) is 0.549. The van der Waals surface area contributed by atoms with Crippen LogP contribution in [-0.2, 0) is 16.0 Å². The Labute approximate surface area is 185 Å². The van der Waals surface area contributed by atoms with Crippen molar-refractivity contribution in [2.24, 2.45) is 5.41 Å². The maximum Gasteiger partial charge on any atom is 0.227 e. The van der Waals surface area contributed by atoms with Crippen molar-refractivity contribution in [1.29, 1.82) is 5.26 Å². The van der Waals surface area contributed by atoms with Gasteiger partial charge < -0.3 is 5.32 Å². The van der Waals surface area contributed by atoms with Crippen molar-refractivity contribution in [3.05, 3.63) is 52.0 Å². The van der Waals surface area contributed by atoms with E-state index in [-0.39, 0.29) is 31.1 Å². The molecule has 0 aliphatic heterocycles. The van der Waals surface area contributed by atoms with Crippen molar-refractivity contribution in [2.75, 3.05) is 6.54 Å². The Kier molecular flexibility index (Phi) is 5.73.